The Morgan fingerprint density at radius 2 is 0.707 bits per heavy atom. The van der Waals surface area contributed by atoms with Crippen molar-refractivity contribution in [1.82, 2.24) is 0 Å². The Labute approximate surface area is 535 Å². The molecule has 0 aliphatic heterocycles. The molecule has 0 saturated carbocycles. The minimum Gasteiger partial charge on any atom is -0.491 e. The molecule has 9 rings (SSSR count). The highest BCUT2D eigenvalue weighted by Gasteiger charge is 2.41. The molecule has 0 unspecified atom stereocenters. The number of rotatable bonds is 26. The second-order valence-electron chi connectivity index (χ2n) is 23.1. The normalized spacial score (nSPS) is 12.1. The summed E-state index contributed by atoms with van der Waals surface area (Å²) in [6, 6.07) is 61.6. The maximum Gasteiger partial charge on any atom is 0.231 e. The smallest absolute Gasteiger partial charge is 0.231 e. The molecule has 0 bridgehead atoms. The lowest BCUT2D eigenvalue weighted by atomic mass is 9.71. The molecular weight excluding hydrogens is 1170 g/mol. The lowest BCUT2D eigenvalue weighted by molar-refractivity contribution is 0.0357. The van der Waals surface area contributed by atoms with E-state index in [0.29, 0.717) is 89.9 Å². The van der Waals surface area contributed by atoms with E-state index in [2.05, 4.69) is 20.4 Å². The second kappa shape index (κ2) is 28.3. The fourth-order valence-corrected chi connectivity index (χ4v) is 10.0. The third-order valence-electron chi connectivity index (χ3n) is 15.6. The topological polar surface area (TPSA) is 199 Å². The lowest BCUT2D eigenvalue weighted by Crippen LogP contribution is -2.47. The van der Waals surface area contributed by atoms with Crippen LogP contribution >= 0.6 is 0 Å². The summed E-state index contributed by atoms with van der Waals surface area (Å²) in [7, 11) is -3.90. The predicted molar refractivity (Wildman–Crippen MR) is 357 cm³/mol. The molecule has 92 heavy (non-hydrogen) atoms. The molecule has 9 aromatic rings. The maximum atomic E-state index is 13.7. The second-order valence-corrected chi connectivity index (χ2v) is 24.5. The van der Waals surface area contributed by atoms with Crippen LogP contribution in [-0.4, -0.2) is 54.8 Å². The van der Waals surface area contributed by atoms with Gasteiger partial charge in [0, 0.05) is 77.6 Å². The third-order valence-corrected chi connectivity index (χ3v) is 16.2. The molecule has 0 aliphatic rings. The van der Waals surface area contributed by atoms with E-state index in [0.717, 1.165) is 16.5 Å². The first-order valence-electron chi connectivity index (χ1n) is 29.5. The quantitative estimate of drug-likeness (QED) is 0.0233. The van der Waals surface area contributed by atoms with E-state index < -0.39 is 21.0 Å². The van der Waals surface area contributed by atoms with Crippen molar-refractivity contribution in [1.29, 1.82) is 0 Å². The van der Waals surface area contributed by atoms with Gasteiger partial charge in [-0.1, -0.05) is 129 Å². The average Bonchev–Trinajstić information content (AvgIpc) is 1.03. The molecule has 13 nitrogen and oxygen atoms in total. The van der Waals surface area contributed by atoms with Gasteiger partial charge in [-0.2, -0.15) is 0 Å². The number of ketones is 6. The van der Waals surface area contributed by atoms with E-state index in [4.69, 9.17) is 24.1 Å². The molecule has 9 aromatic carbocycles. The Kier molecular flexibility index (Phi) is 20.1. The standard InChI is InChI=1S/C78H67NO12S/c1-9-52(24-37-69(88-50(2)3)48-49-92(79,86)87)71(80)59-25-38-65(39-26-59)89-66-40-27-61(28-41-66)75(84)57-20-16-55(17-21-57)73(82)58-22-35-64(36-23-58)77(5,6)78(7,8)91-70-46-33-63(34-47-70)76(85)62-31-44-68(45-32-62)90-67-42-29-60(30-43-67)74(83)56-18-14-54(15-19-56)72(81)53-12-10-51(4)11-13-53/h9-50H,1H2,2-8H3,(H2,79,86,87)/b49-48+,52-24+,69-37+. The van der Waals surface area contributed by atoms with Crippen molar-refractivity contribution in [3.8, 4) is 28.7 Å². The summed E-state index contributed by atoms with van der Waals surface area (Å²) in [5.74, 6) is 1.40. The van der Waals surface area contributed by atoms with Gasteiger partial charge < -0.3 is 18.9 Å². The summed E-state index contributed by atoms with van der Waals surface area (Å²) in [5.41, 5.74) is 5.91. The third kappa shape index (κ3) is 16.3. The number of aryl methyl sites for hydroxylation is 1. The number of carbonyl (C=O) groups is 6. The molecule has 0 heterocycles. The van der Waals surface area contributed by atoms with E-state index in [9.17, 15) is 37.2 Å². The van der Waals surface area contributed by atoms with Gasteiger partial charge in [-0.15, -0.1) is 0 Å². The van der Waals surface area contributed by atoms with E-state index in [1.165, 1.54) is 24.3 Å². The number of hydrogen-bond donors (Lipinski definition) is 1. The van der Waals surface area contributed by atoms with Gasteiger partial charge in [-0.25, -0.2) is 13.6 Å². The van der Waals surface area contributed by atoms with Crippen molar-refractivity contribution in [2.45, 2.75) is 65.6 Å². The van der Waals surface area contributed by atoms with Crippen LogP contribution in [0.2, 0.25) is 0 Å². The van der Waals surface area contributed by atoms with Crippen LogP contribution in [-0.2, 0) is 20.2 Å². The Morgan fingerprint density at radius 1 is 0.424 bits per heavy atom. The summed E-state index contributed by atoms with van der Waals surface area (Å²) in [4.78, 5) is 80.4. The predicted octanol–water partition coefficient (Wildman–Crippen LogP) is 16.3. The Morgan fingerprint density at radius 3 is 1.01 bits per heavy atom. The number of nitrogens with two attached hydrogens (primary N) is 1. The lowest BCUT2D eigenvalue weighted by Gasteiger charge is -2.42. The molecule has 0 amide bonds. The number of sulfonamides is 1. The summed E-state index contributed by atoms with van der Waals surface area (Å²) in [5, 5.41) is 5.89. The highest BCUT2D eigenvalue weighted by atomic mass is 32.2. The summed E-state index contributed by atoms with van der Waals surface area (Å²) in [6.07, 6.45) is 5.24. The summed E-state index contributed by atoms with van der Waals surface area (Å²) >= 11 is 0. The largest absolute Gasteiger partial charge is 0.491 e. The summed E-state index contributed by atoms with van der Waals surface area (Å²) in [6.45, 7) is 17.4. The minimum atomic E-state index is -3.90. The van der Waals surface area contributed by atoms with Gasteiger partial charge in [0.1, 0.15) is 40.1 Å². The molecule has 0 atom stereocenters. The summed E-state index contributed by atoms with van der Waals surface area (Å²) < 4.78 is 47.2. The highest BCUT2D eigenvalue weighted by molar-refractivity contribution is 7.92. The fourth-order valence-electron chi connectivity index (χ4n) is 9.68. The zero-order chi connectivity index (χ0) is 65.9. The Balaban J connectivity index is 0.741. The van der Waals surface area contributed by atoms with Crippen LogP contribution < -0.4 is 19.3 Å². The van der Waals surface area contributed by atoms with Crippen molar-refractivity contribution in [2.24, 2.45) is 5.14 Å². The van der Waals surface area contributed by atoms with E-state index in [-0.39, 0.29) is 52.1 Å². The molecule has 0 spiro atoms. The first kappa shape index (κ1) is 65.5. The number of hydrogen-bond acceptors (Lipinski definition) is 12. The zero-order valence-electron chi connectivity index (χ0n) is 51.8. The number of Topliss-reactive ketones (excluding diaryl/α,β-unsaturated/α-hetero) is 1. The molecule has 462 valence electrons. The maximum absolute atomic E-state index is 13.7. The zero-order valence-corrected chi connectivity index (χ0v) is 52.7. The van der Waals surface area contributed by atoms with Crippen molar-refractivity contribution in [2.75, 3.05) is 0 Å². The van der Waals surface area contributed by atoms with Crippen LogP contribution in [0.25, 0.3) is 0 Å². The van der Waals surface area contributed by atoms with Gasteiger partial charge in [0.25, 0.3) is 0 Å². The minimum absolute atomic E-state index is 0.112. The number of carbonyl (C=O) groups excluding carboxylic acids is 6. The molecule has 0 fully saturated rings. The fraction of sp³-hybridized carbons (Fsp3) is 0.128. The SMILES string of the molecule is C=C\C(=C/C=C(\C=C\S(N)(=O)=O)OC(C)C)C(=O)c1ccc(Oc2ccc(C(=O)c3ccc(C(=O)c4ccc(C(C)(C)C(C)(C)Oc5ccc(C(=O)c6ccc(Oc7ccc(C(=O)c8ccc(C(=O)c9ccc(C)cc9)cc8)cc7)cc6)cc5)cc4)cc3)cc2)cc1. The van der Waals surface area contributed by atoms with Crippen LogP contribution in [0.3, 0.4) is 0 Å². The molecule has 2 N–H and O–H groups in total. The Hall–Kier alpha value is -10.9. The monoisotopic (exact) mass is 1240 g/mol. The van der Waals surface area contributed by atoms with Crippen LogP contribution in [0.5, 0.6) is 28.7 Å². The van der Waals surface area contributed by atoms with Gasteiger partial charge in [-0.05, 0) is 180 Å². The van der Waals surface area contributed by atoms with Crippen LogP contribution in [0.1, 0.15) is 143 Å². The van der Waals surface area contributed by atoms with Gasteiger partial charge in [0.2, 0.25) is 10.0 Å². The molecule has 0 aliphatic carbocycles. The van der Waals surface area contributed by atoms with E-state index >= 15 is 0 Å². The van der Waals surface area contributed by atoms with Gasteiger partial charge >= 0.3 is 0 Å². The van der Waals surface area contributed by atoms with Crippen LogP contribution in [0.15, 0.2) is 266 Å². The van der Waals surface area contributed by atoms with Crippen LogP contribution in [0, 0.1) is 6.92 Å². The van der Waals surface area contributed by atoms with E-state index in [1.54, 1.807) is 208 Å². The number of benzene rings is 9. The van der Waals surface area contributed by atoms with Gasteiger partial charge in [0.15, 0.2) is 34.7 Å². The van der Waals surface area contributed by atoms with Gasteiger partial charge in [0.05, 0.1) is 6.10 Å². The first-order chi connectivity index (χ1) is 43.8. The number of allylic oxidation sites excluding steroid dienone is 5. The Bertz CT molecular complexity index is 4430. The van der Waals surface area contributed by atoms with E-state index in [1.807, 2.05) is 45.0 Å². The molecule has 14 heteroatoms. The number of ether oxygens (including phenoxy) is 4. The van der Waals surface area contributed by atoms with Crippen molar-refractivity contribution >= 4 is 44.7 Å². The van der Waals surface area contributed by atoms with Crippen LogP contribution in [0.4, 0.5) is 0 Å². The molecule has 0 saturated heterocycles. The average molecular weight is 1240 g/mol. The first-order valence-corrected chi connectivity index (χ1v) is 31.1. The molecule has 0 radical (unpaired) electrons. The highest BCUT2D eigenvalue weighted by Crippen LogP contribution is 2.39. The molecular formula is C78H67NO12S. The van der Waals surface area contributed by atoms with Crippen molar-refractivity contribution < 1.29 is 56.1 Å². The number of primary sulfonamides is 1. The van der Waals surface area contributed by atoms with Crippen molar-refractivity contribution in [3.05, 3.63) is 338 Å². The van der Waals surface area contributed by atoms with Gasteiger partial charge in [-0.3, -0.25) is 28.8 Å². The van der Waals surface area contributed by atoms with Crippen molar-refractivity contribution in [3.63, 3.8) is 0 Å². The molecule has 0 aromatic heterocycles.